The molecule has 1 heterocycles. The Bertz CT molecular complexity index is 517. The average Bonchev–Trinajstić information content (AvgIpc) is 2.79. The highest BCUT2D eigenvalue weighted by atomic mass is 16.6. The molecule has 0 unspecified atom stereocenters. The number of azide groups is 1. The Morgan fingerprint density at radius 3 is 3.00 bits per heavy atom. The Hall–Kier alpha value is -2.54. The fraction of sp³-hybridized carbons (Fsp3) is 0.500. The number of carbonyl (C=O) groups excluding carboxylic acids is 1. The van der Waals surface area contributed by atoms with Crippen molar-refractivity contribution in [3.8, 4) is 0 Å². The fourth-order valence-corrected chi connectivity index (χ4v) is 1.57. The maximum Gasteiger partial charge on any atom is 0.287 e. The lowest BCUT2D eigenvalue weighted by Gasteiger charge is -2.06. The van der Waals surface area contributed by atoms with Crippen molar-refractivity contribution >= 4 is 11.6 Å². The Balaban J connectivity index is 2.81. The Morgan fingerprint density at radius 1 is 1.68 bits per heavy atom. The maximum absolute atomic E-state index is 11.9. The topological polar surface area (TPSA) is 126 Å². The molecule has 1 aromatic heterocycles. The van der Waals surface area contributed by atoms with Gasteiger partial charge < -0.3 is 9.88 Å². The first-order valence-corrected chi connectivity index (χ1v) is 5.73. The molecule has 0 saturated heterocycles. The lowest BCUT2D eigenvalue weighted by molar-refractivity contribution is -0.384. The van der Waals surface area contributed by atoms with E-state index in [0.717, 1.165) is 6.42 Å². The molecule has 19 heavy (non-hydrogen) atoms. The van der Waals surface area contributed by atoms with Gasteiger partial charge >= 0.3 is 0 Å². The number of hydrogen-bond donors (Lipinski definition) is 1. The van der Waals surface area contributed by atoms with Gasteiger partial charge in [0.05, 0.1) is 11.1 Å². The van der Waals surface area contributed by atoms with Crippen LogP contribution < -0.4 is 5.32 Å². The molecular formula is C10H14N6O3. The van der Waals surface area contributed by atoms with Crippen molar-refractivity contribution in [2.45, 2.75) is 19.9 Å². The molecule has 1 amide bonds. The molecule has 102 valence electrons. The summed E-state index contributed by atoms with van der Waals surface area (Å²) in [7, 11) is 0. The highest BCUT2D eigenvalue weighted by molar-refractivity contribution is 5.93. The predicted molar refractivity (Wildman–Crippen MR) is 67.7 cm³/mol. The molecule has 0 aliphatic rings. The van der Waals surface area contributed by atoms with Crippen LogP contribution >= 0.6 is 0 Å². The minimum absolute atomic E-state index is 0.117. The van der Waals surface area contributed by atoms with Gasteiger partial charge in [-0.05, 0) is 12.0 Å². The van der Waals surface area contributed by atoms with Crippen LogP contribution in [-0.4, -0.2) is 28.5 Å². The summed E-state index contributed by atoms with van der Waals surface area (Å²) in [4.78, 5) is 24.6. The number of nitrogens with one attached hydrogen (secondary N) is 1. The lowest BCUT2D eigenvalue weighted by Crippen LogP contribution is -2.28. The molecular weight excluding hydrogens is 252 g/mol. The van der Waals surface area contributed by atoms with E-state index in [1.165, 1.54) is 12.3 Å². The summed E-state index contributed by atoms with van der Waals surface area (Å²) in [6, 6.07) is 1.23. The quantitative estimate of drug-likeness (QED) is 0.202. The molecule has 0 aliphatic carbocycles. The van der Waals surface area contributed by atoms with Crippen molar-refractivity contribution < 1.29 is 9.72 Å². The van der Waals surface area contributed by atoms with Crippen LogP contribution in [0.15, 0.2) is 17.4 Å². The van der Waals surface area contributed by atoms with E-state index in [2.05, 4.69) is 15.3 Å². The summed E-state index contributed by atoms with van der Waals surface area (Å²) in [6.07, 6.45) is 2.09. The molecule has 9 heteroatoms. The number of aromatic nitrogens is 1. The van der Waals surface area contributed by atoms with Crippen molar-refractivity contribution in [2.75, 3.05) is 13.1 Å². The summed E-state index contributed by atoms with van der Waals surface area (Å²) in [6.45, 7) is 2.76. The zero-order valence-corrected chi connectivity index (χ0v) is 10.4. The number of nitrogens with zero attached hydrogens (tertiary/aromatic N) is 5. The van der Waals surface area contributed by atoms with Crippen LogP contribution in [0.3, 0.4) is 0 Å². The summed E-state index contributed by atoms with van der Waals surface area (Å²) in [5.74, 6) is -0.422. The van der Waals surface area contributed by atoms with Crippen LogP contribution in [0.25, 0.3) is 10.4 Å². The molecule has 0 saturated carbocycles. The van der Waals surface area contributed by atoms with Crippen molar-refractivity contribution in [3.05, 3.63) is 38.5 Å². The smallest absolute Gasteiger partial charge is 0.287 e. The van der Waals surface area contributed by atoms with Gasteiger partial charge in [-0.2, -0.15) is 0 Å². The molecule has 0 atom stereocenters. The largest absolute Gasteiger partial charge is 0.351 e. The maximum atomic E-state index is 11.9. The van der Waals surface area contributed by atoms with Crippen molar-refractivity contribution in [1.82, 2.24) is 9.88 Å². The third kappa shape index (κ3) is 4.00. The van der Waals surface area contributed by atoms with Gasteiger partial charge in [0.2, 0.25) is 0 Å². The lowest BCUT2D eigenvalue weighted by atomic mass is 10.3. The first-order valence-electron chi connectivity index (χ1n) is 5.73. The van der Waals surface area contributed by atoms with Gasteiger partial charge in [0.1, 0.15) is 5.69 Å². The third-order valence-electron chi connectivity index (χ3n) is 2.35. The Morgan fingerprint density at radius 2 is 2.42 bits per heavy atom. The molecule has 0 aliphatic heterocycles. The van der Waals surface area contributed by atoms with Crippen LogP contribution in [-0.2, 0) is 6.54 Å². The van der Waals surface area contributed by atoms with E-state index in [1.54, 1.807) is 4.57 Å². The zero-order valence-electron chi connectivity index (χ0n) is 10.4. The number of aryl methyl sites for hydroxylation is 1. The zero-order chi connectivity index (χ0) is 14.3. The van der Waals surface area contributed by atoms with E-state index in [0.29, 0.717) is 6.54 Å². The van der Waals surface area contributed by atoms with Gasteiger partial charge in [-0.25, -0.2) is 0 Å². The number of rotatable bonds is 7. The molecule has 1 N–H and O–H groups in total. The van der Waals surface area contributed by atoms with Gasteiger partial charge in [-0.3, -0.25) is 14.9 Å². The summed E-state index contributed by atoms with van der Waals surface area (Å²) in [5, 5.41) is 16.5. The normalized spacial score (nSPS) is 9.74. The second-order valence-electron chi connectivity index (χ2n) is 3.74. The van der Waals surface area contributed by atoms with E-state index < -0.39 is 10.8 Å². The van der Waals surface area contributed by atoms with Crippen molar-refractivity contribution in [3.63, 3.8) is 0 Å². The summed E-state index contributed by atoms with van der Waals surface area (Å²) >= 11 is 0. The first kappa shape index (κ1) is 14.5. The second-order valence-corrected chi connectivity index (χ2v) is 3.74. The Labute approximate surface area is 109 Å². The van der Waals surface area contributed by atoms with Gasteiger partial charge in [0.25, 0.3) is 11.6 Å². The molecule has 0 aromatic carbocycles. The van der Waals surface area contributed by atoms with Crippen molar-refractivity contribution in [1.29, 1.82) is 0 Å². The minimum atomic E-state index is -0.539. The summed E-state index contributed by atoms with van der Waals surface area (Å²) < 4.78 is 1.54. The van der Waals surface area contributed by atoms with E-state index in [-0.39, 0.29) is 24.5 Å². The molecule has 0 bridgehead atoms. The SMILES string of the molecule is CCCn1cc([N+](=O)[O-])cc1C(=O)NCCN=[N+]=[N-]. The number of amides is 1. The number of carbonyl (C=O) groups is 1. The first-order chi connectivity index (χ1) is 9.10. The fourth-order valence-electron chi connectivity index (χ4n) is 1.57. The van der Waals surface area contributed by atoms with Gasteiger partial charge in [0, 0.05) is 30.6 Å². The molecule has 9 nitrogen and oxygen atoms in total. The van der Waals surface area contributed by atoms with Crippen LogP contribution in [0.4, 0.5) is 5.69 Å². The second kappa shape index (κ2) is 7.02. The minimum Gasteiger partial charge on any atom is -0.351 e. The van der Waals surface area contributed by atoms with Crippen molar-refractivity contribution in [2.24, 2.45) is 5.11 Å². The van der Waals surface area contributed by atoms with Crippen LogP contribution in [0, 0.1) is 10.1 Å². The average molecular weight is 266 g/mol. The van der Waals surface area contributed by atoms with E-state index in [9.17, 15) is 14.9 Å². The third-order valence-corrected chi connectivity index (χ3v) is 2.35. The van der Waals surface area contributed by atoms with E-state index in [4.69, 9.17) is 5.53 Å². The van der Waals surface area contributed by atoms with Crippen LogP contribution in [0.2, 0.25) is 0 Å². The highest BCUT2D eigenvalue weighted by Crippen LogP contribution is 2.16. The van der Waals surface area contributed by atoms with E-state index in [1.807, 2.05) is 6.92 Å². The Kier molecular flexibility index (Phi) is 5.36. The molecule has 1 rings (SSSR count). The number of nitro groups is 1. The molecule has 0 fully saturated rings. The predicted octanol–water partition coefficient (Wildman–Crippen LogP) is 1.85. The van der Waals surface area contributed by atoms with Crippen LogP contribution in [0.5, 0.6) is 0 Å². The number of hydrogen-bond acceptors (Lipinski definition) is 4. The van der Waals surface area contributed by atoms with Gasteiger partial charge in [-0.15, -0.1) is 0 Å². The molecule has 0 spiro atoms. The summed E-state index contributed by atoms with van der Waals surface area (Å²) in [5.41, 5.74) is 8.21. The standard InChI is InChI=1S/C10H14N6O3/c1-2-5-15-7-8(16(18)19)6-9(15)10(17)12-3-4-13-14-11/h6-7H,2-5H2,1H3,(H,12,17). The molecule has 1 aromatic rings. The molecule has 0 radical (unpaired) electrons. The monoisotopic (exact) mass is 266 g/mol. The van der Waals surface area contributed by atoms with Gasteiger partial charge in [-0.1, -0.05) is 12.0 Å². The van der Waals surface area contributed by atoms with Crippen LogP contribution in [0.1, 0.15) is 23.8 Å². The highest BCUT2D eigenvalue weighted by Gasteiger charge is 2.18. The van der Waals surface area contributed by atoms with Gasteiger partial charge in [0.15, 0.2) is 0 Å². The van der Waals surface area contributed by atoms with E-state index >= 15 is 0 Å².